The minimum absolute atomic E-state index is 0.00163. The Labute approximate surface area is 282 Å². The third-order valence-corrected chi connectivity index (χ3v) is 17.0. The van der Waals surface area contributed by atoms with Crippen LogP contribution in [0.4, 0.5) is 0 Å². The second-order valence-electron chi connectivity index (χ2n) is 19.5. The number of carbonyl (C=O) groups excluding carboxylic acids is 1. The SMILES string of the molecule is C[C@@H]1CC([C@H](O)C(C)(C)O)OC2[C@H]1[C@@]1(C)CC[C@@]34C[C@@]35CCC(O[C@H]3CN(C(=O)C6CCC6)CCO3)C(C)(C)[C@@H]5CCC4[C@]1(C)[C@H]2O. The maximum Gasteiger partial charge on any atom is 0.225 e. The lowest BCUT2D eigenvalue weighted by molar-refractivity contribution is -0.248. The molecule has 8 aliphatic rings. The van der Waals surface area contributed by atoms with Crippen molar-refractivity contribution in [2.45, 2.75) is 162 Å². The van der Waals surface area contributed by atoms with Gasteiger partial charge in [0.2, 0.25) is 5.91 Å². The Morgan fingerprint density at radius 3 is 2.38 bits per heavy atom. The summed E-state index contributed by atoms with van der Waals surface area (Å²) >= 11 is 0. The molecule has 8 heteroatoms. The molecule has 0 aromatic carbocycles. The number of amides is 1. The van der Waals surface area contributed by atoms with Gasteiger partial charge < -0.3 is 34.4 Å². The molecular formula is C39H63NO7. The van der Waals surface area contributed by atoms with Crippen LogP contribution in [0, 0.1) is 56.7 Å². The molecule has 2 heterocycles. The monoisotopic (exact) mass is 657 g/mol. The summed E-state index contributed by atoms with van der Waals surface area (Å²) in [5.74, 6) is 2.05. The van der Waals surface area contributed by atoms with Gasteiger partial charge in [-0.1, -0.05) is 41.0 Å². The van der Waals surface area contributed by atoms with Crippen molar-refractivity contribution < 1.29 is 34.3 Å². The maximum atomic E-state index is 13.0. The number of ether oxygens (including phenoxy) is 3. The molecule has 2 spiro atoms. The van der Waals surface area contributed by atoms with Gasteiger partial charge in [0.05, 0.1) is 43.2 Å². The van der Waals surface area contributed by atoms with Crippen molar-refractivity contribution in [3.05, 3.63) is 0 Å². The van der Waals surface area contributed by atoms with E-state index in [1.165, 1.54) is 25.7 Å². The first-order valence-corrected chi connectivity index (χ1v) is 19.3. The van der Waals surface area contributed by atoms with Crippen LogP contribution in [0.2, 0.25) is 0 Å². The molecule has 47 heavy (non-hydrogen) atoms. The summed E-state index contributed by atoms with van der Waals surface area (Å²) in [4.78, 5) is 15.0. The molecule has 8 nitrogen and oxygen atoms in total. The van der Waals surface area contributed by atoms with Crippen LogP contribution in [0.15, 0.2) is 0 Å². The zero-order valence-electron chi connectivity index (χ0n) is 30.2. The van der Waals surface area contributed by atoms with Crippen molar-refractivity contribution in [3.63, 3.8) is 0 Å². The fraction of sp³-hybridized carbons (Fsp3) is 0.974. The zero-order valence-corrected chi connectivity index (χ0v) is 30.2. The lowest BCUT2D eigenvalue weighted by Crippen LogP contribution is -2.60. The molecule has 0 bridgehead atoms. The van der Waals surface area contributed by atoms with Crippen LogP contribution in [0.3, 0.4) is 0 Å². The second-order valence-corrected chi connectivity index (χ2v) is 19.5. The van der Waals surface area contributed by atoms with Crippen molar-refractivity contribution in [3.8, 4) is 0 Å². The summed E-state index contributed by atoms with van der Waals surface area (Å²) in [5, 5.41) is 34.1. The average molecular weight is 658 g/mol. The van der Waals surface area contributed by atoms with E-state index in [1.54, 1.807) is 13.8 Å². The molecule has 2 saturated heterocycles. The predicted octanol–water partition coefficient (Wildman–Crippen LogP) is 5.30. The van der Waals surface area contributed by atoms with Gasteiger partial charge in [-0.2, -0.15) is 0 Å². The van der Waals surface area contributed by atoms with Gasteiger partial charge in [0, 0.05) is 17.9 Å². The van der Waals surface area contributed by atoms with Gasteiger partial charge in [-0.15, -0.1) is 0 Å². The van der Waals surface area contributed by atoms with E-state index in [9.17, 15) is 20.1 Å². The topological polar surface area (TPSA) is 109 Å². The van der Waals surface area contributed by atoms with Crippen LogP contribution in [-0.4, -0.2) is 88.2 Å². The van der Waals surface area contributed by atoms with E-state index in [0.29, 0.717) is 55.2 Å². The fourth-order valence-corrected chi connectivity index (χ4v) is 14.2. The fourth-order valence-electron chi connectivity index (χ4n) is 14.2. The minimum Gasteiger partial charge on any atom is -0.390 e. The average Bonchev–Trinajstić information content (AvgIpc) is 3.61. The van der Waals surface area contributed by atoms with Crippen LogP contribution in [-0.2, 0) is 19.0 Å². The first-order valence-electron chi connectivity index (χ1n) is 19.3. The summed E-state index contributed by atoms with van der Waals surface area (Å²) in [5.41, 5.74) is -1.01. The summed E-state index contributed by atoms with van der Waals surface area (Å²) in [6, 6.07) is 0. The molecule has 266 valence electrons. The van der Waals surface area contributed by atoms with E-state index in [-0.39, 0.29) is 52.0 Å². The Kier molecular flexibility index (Phi) is 7.55. The number of nitrogens with zero attached hydrogens (tertiary/aromatic N) is 1. The number of hydrogen-bond donors (Lipinski definition) is 3. The highest BCUT2D eigenvalue weighted by atomic mass is 16.7. The standard InChI is InChI=1S/C39H63NO7/c1-22-19-24(31(41)35(4,5)44)46-30-29(22)36(6)15-16-39-21-38(39)14-13-27(34(2,3)25(38)11-12-26(39)37(36,7)32(30)42)47-28-20-40(17-18-45-28)33(43)23-9-8-10-23/h22-32,41-42,44H,8-21H2,1-7H3/t22-,24?,25+,26?,27?,28+,29+,30?,31+,32+,36-,37-,38-,39+/m1/s1. The first kappa shape index (κ1) is 33.4. The molecule has 6 aliphatic carbocycles. The van der Waals surface area contributed by atoms with Crippen LogP contribution >= 0.6 is 0 Å². The molecule has 0 aromatic heterocycles. The number of carbonyl (C=O) groups is 1. The summed E-state index contributed by atoms with van der Waals surface area (Å²) < 4.78 is 19.7. The zero-order chi connectivity index (χ0) is 33.5. The molecule has 2 aliphatic heterocycles. The molecular weight excluding hydrogens is 594 g/mol. The van der Waals surface area contributed by atoms with Gasteiger partial charge in [0.25, 0.3) is 0 Å². The Morgan fingerprint density at radius 1 is 1.00 bits per heavy atom. The Hall–Kier alpha value is -0.770. The number of aliphatic hydroxyl groups is 3. The summed E-state index contributed by atoms with van der Waals surface area (Å²) in [6.45, 7) is 17.1. The lowest BCUT2D eigenvalue weighted by Gasteiger charge is -2.64. The molecule has 0 radical (unpaired) electrons. The molecule has 3 N–H and O–H groups in total. The Morgan fingerprint density at radius 2 is 1.70 bits per heavy atom. The smallest absolute Gasteiger partial charge is 0.225 e. The van der Waals surface area contributed by atoms with Crippen molar-refractivity contribution in [1.29, 1.82) is 0 Å². The van der Waals surface area contributed by atoms with Crippen LogP contribution in [0.5, 0.6) is 0 Å². The number of hydrogen-bond acceptors (Lipinski definition) is 7. The van der Waals surface area contributed by atoms with Crippen molar-refractivity contribution in [2.24, 2.45) is 56.7 Å². The van der Waals surface area contributed by atoms with Crippen LogP contribution in [0.1, 0.15) is 119 Å². The lowest BCUT2D eigenvalue weighted by atomic mass is 9.41. The Bertz CT molecular complexity index is 1260. The summed E-state index contributed by atoms with van der Waals surface area (Å²) in [7, 11) is 0. The maximum absolute atomic E-state index is 13.0. The molecule has 4 unspecified atom stereocenters. The predicted molar refractivity (Wildman–Crippen MR) is 177 cm³/mol. The van der Waals surface area contributed by atoms with Gasteiger partial charge >= 0.3 is 0 Å². The highest BCUT2D eigenvalue weighted by Gasteiger charge is 2.84. The molecule has 14 atom stereocenters. The number of rotatable bonds is 5. The number of fused-ring (bicyclic) bond motifs is 4. The first-order chi connectivity index (χ1) is 22.0. The van der Waals surface area contributed by atoms with E-state index in [1.807, 2.05) is 4.90 Å². The van der Waals surface area contributed by atoms with Gasteiger partial charge in [0.15, 0.2) is 6.29 Å². The van der Waals surface area contributed by atoms with E-state index in [2.05, 4.69) is 34.6 Å². The minimum atomic E-state index is -1.25. The van der Waals surface area contributed by atoms with Gasteiger partial charge in [-0.05, 0) is 123 Å². The largest absolute Gasteiger partial charge is 0.390 e. The normalized spacial score (nSPS) is 52.6. The van der Waals surface area contributed by atoms with Crippen molar-refractivity contribution in [1.82, 2.24) is 4.90 Å². The summed E-state index contributed by atoms with van der Waals surface area (Å²) in [6.07, 6.45) is 9.39. The molecule has 1 amide bonds. The van der Waals surface area contributed by atoms with Gasteiger partial charge in [-0.25, -0.2) is 0 Å². The number of aliphatic hydroxyl groups excluding tert-OH is 2. The highest BCUT2D eigenvalue weighted by molar-refractivity contribution is 5.79. The van der Waals surface area contributed by atoms with Crippen LogP contribution < -0.4 is 0 Å². The van der Waals surface area contributed by atoms with E-state index in [4.69, 9.17) is 14.2 Å². The van der Waals surface area contributed by atoms with Gasteiger partial charge in [-0.3, -0.25) is 4.79 Å². The number of morpholine rings is 1. The van der Waals surface area contributed by atoms with Crippen molar-refractivity contribution in [2.75, 3.05) is 19.7 Å². The third kappa shape index (κ3) is 4.36. The molecule has 6 saturated carbocycles. The molecule has 8 rings (SSSR count). The Balaban J connectivity index is 1.01. The van der Waals surface area contributed by atoms with Crippen molar-refractivity contribution >= 4 is 5.91 Å². The van der Waals surface area contributed by atoms with E-state index < -0.39 is 23.9 Å². The quantitative estimate of drug-likeness (QED) is 0.368. The van der Waals surface area contributed by atoms with Crippen LogP contribution in [0.25, 0.3) is 0 Å². The molecule has 8 fully saturated rings. The molecule has 0 aromatic rings. The van der Waals surface area contributed by atoms with E-state index in [0.717, 1.165) is 38.5 Å². The second kappa shape index (κ2) is 10.6. The third-order valence-electron chi connectivity index (χ3n) is 17.0. The highest BCUT2D eigenvalue weighted by Crippen LogP contribution is 2.89. The van der Waals surface area contributed by atoms with E-state index >= 15 is 0 Å². The van der Waals surface area contributed by atoms with Gasteiger partial charge in [0.1, 0.15) is 6.10 Å².